The van der Waals surface area contributed by atoms with E-state index in [0.717, 1.165) is 16.8 Å². The van der Waals surface area contributed by atoms with E-state index in [1.165, 1.54) is 6.20 Å². The summed E-state index contributed by atoms with van der Waals surface area (Å²) in [6.07, 6.45) is -3.11. The molecular formula is C10H17F3N2OSi. The number of halogens is 3. The van der Waals surface area contributed by atoms with Gasteiger partial charge < -0.3 is 4.74 Å². The Balaban J connectivity index is 2.36. The van der Waals surface area contributed by atoms with Crippen molar-refractivity contribution in [3.8, 4) is 0 Å². The minimum atomic E-state index is -4.39. The smallest absolute Gasteiger partial charge is 0.360 e. The predicted octanol–water partition coefficient (Wildman–Crippen LogP) is 3.21. The molecule has 0 aliphatic carbocycles. The number of nitrogens with zero attached hydrogens (tertiary/aromatic N) is 2. The number of ether oxygens (including phenoxy) is 1. The molecule has 3 nitrogen and oxygen atoms in total. The van der Waals surface area contributed by atoms with Crippen LogP contribution in [0.4, 0.5) is 13.2 Å². The van der Waals surface area contributed by atoms with Gasteiger partial charge in [-0.25, -0.2) is 4.68 Å². The number of aromatic nitrogens is 2. The molecule has 0 N–H and O–H groups in total. The zero-order valence-electron chi connectivity index (χ0n) is 10.2. The number of hydrogen-bond donors (Lipinski definition) is 0. The molecule has 0 aliphatic rings. The van der Waals surface area contributed by atoms with Gasteiger partial charge in [0.2, 0.25) is 0 Å². The lowest BCUT2D eigenvalue weighted by Gasteiger charge is -2.15. The van der Waals surface area contributed by atoms with Crippen molar-refractivity contribution in [3.63, 3.8) is 0 Å². The summed E-state index contributed by atoms with van der Waals surface area (Å²) in [5, 5.41) is 3.39. The largest absolute Gasteiger partial charge is 0.435 e. The van der Waals surface area contributed by atoms with E-state index in [1.807, 2.05) is 0 Å². The summed E-state index contributed by atoms with van der Waals surface area (Å²) in [7, 11) is -1.15. The molecule has 0 fully saturated rings. The van der Waals surface area contributed by atoms with Gasteiger partial charge in [0.15, 0.2) is 5.69 Å². The Kier molecular flexibility index (Phi) is 4.37. The lowest BCUT2D eigenvalue weighted by atomic mass is 10.4. The number of rotatable bonds is 5. The van der Waals surface area contributed by atoms with Crippen LogP contribution in [0.2, 0.25) is 25.7 Å². The molecule has 0 atom stereocenters. The highest BCUT2D eigenvalue weighted by molar-refractivity contribution is 6.76. The van der Waals surface area contributed by atoms with E-state index in [2.05, 4.69) is 24.7 Å². The molecule has 0 aromatic carbocycles. The maximum atomic E-state index is 12.2. The van der Waals surface area contributed by atoms with E-state index in [4.69, 9.17) is 4.74 Å². The predicted molar refractivity (Wildman–Crippen MR) is 61.3 cm³/mol. The number of alkyl halides is 3. The third-order valence-electron chi connectivity index (χ3n) is 2.15. The van der Waals surface area contributed by atoms with Crippen LogP contribution in [0.1, 0.15) is 5.69 Å². The van der Waals surface area contributed by atoms with Crippen LogP contribution in [0.25, 0.3) is 0 Å². The fourth-order valence-electron chi connectivity index (χ4n) is 1.12. The first-order valence-electron chi connectivity index (χ1n) is 5.37. The SMILES string of the molecule is C[Si](C)(C)CCOCn1ccc(C(F)(F)F)n1. The van der Waals surface area contributed by atoms with Gasteiger partial charge >= 0.3 is 6.18 Å². The lowest BCUT2D eigenvalue weighted by Crippen LogP contribution is -2.22. The van der Waals surface area contributed by atoms with Crippen LogP contribution in [0, 0.1) is 0 Å². The summed E-state index contributed by atoms with van der Waals surface area (Å²) in [5.74, 6) is 0. The lowest BCUT2D eigenvalue weighted by molar-refractivity contribution is -0.141. The maximum absolute atomic E-state index is 12.2. The van der Waals surface area contributed by atoms with Crippen molar-refractivity contribution in [1.82, 2.24) is 9.78 Å². The van der Waals surface area contributed by atoms with E-state index in [9.17, 15) is 13.2 Å². The second-order valence-corrected chi connectivity index (χ2v) is 10.7. The van der Waals surface area contributed by atoms with Crippen LogP contribution < -0.4 is 0 Å². The normalized spacial score (nSPS) is 13.1. The van der Waals surface area contributed by atoms with Gasteiger partial charge in [-0.3, -0.25) is 0 Å². The van der Waals surface area contributed by atoms with Gasteiger partial charge in [-0.15, -0.1) is 0 Å². The zero-order chi connectivity index (χ0) is 13.1. The number of hydrogen-bond acceptors (Lipinski definition) is 2. The topological polar surface area (TPSA) is 27.1 Å². The molecule has 1 aromatic rings. The van der Waals surface area contributed by atoms with Crippen molar-refractivity contribution in [2.24, 2.45) is 0 Å². The average molecular weight is 266 g/mol. The van der Waals surface area contributed by atoms with E-state index in [1.54, 1.807) is 0 Å². The van der Waals surface area contributed by atoms with Gasteiger partial charge in [-0.1, -0.05) is 19.6 Å². The van der Waals surface area contributed by atoms with Gasteiger partial charge in [0.05, 0.1) is 0 Å². The molecule has 7 heteroatoms. The van der Waals surface area contributed by atoms with E-state index < -0.39 is 19.9 Å². The zero-order valence-corrected chi connectivity index (χ0v) is 11.2. The third kappa shape index (κ3) is 5.36. The van der Waals surface area contributed by atoms with Crippen LogP contribution in [0.3, 0.4) is 0 Å². The summed E-state index contributed by atoms with van der Waals surface area (Å²) in [5.41, 5.74) is -0.883. The first-order valence-corrected chi connectivity index (χ1v) is 9.07. The van der Waals surface area contributed by atoms with Gasteiger partial charge in [-0.05, 0) is 12.1 Å². The van der Waals surface area contributed by atoms with Crippen molar-refractivity contribution >= 4 is 8.07 Å². The van der Waals surface area contributed by atoms with Gasteiger partial charge in [-0.2, -0.15) is 18.3 Å². The Morgan fingerprint density at radius 3 is 2.47 bits per heavy atom. The second kappa shape index (κ2) is 5.22. The summed E-state index contributed by atoms with van der Waals surface area (Å²) >= 11 is 0. The van der Waals surface area contributed by atoms with E-state index in [-0.39, 0.29) is 6.73 Å². The highest BCUT2D eigenvalue weighted by Gasteiger charge is 2.33. The van der Waals surface area contributed by atoms with Crippen molar-refractivity contribution < 1.29 is 17.9 Å². The molecule has 1 rings (SSSR count). The molecule has 1 aromatic heterocycles. The Morgan fingerprint density at radius 2 is 2.00 bits per heavy atom. The Bertz CT molecular complexity index is 357. The Labute approximate surface area is 99.6 Å². The fraction of sp³-hybridized carbons (Fsp3) is 0.700. The molecular weight excluding hydrogens is 249 g/mol. The van der Waals surface area contributed by atoms with Crippen molar-refractivity contribution in [2.45, 2.75) is 38.6 Å². The Hall–Kier alpha value is -0.823. The third-order valence-corrected chi connectivity index (χ3v) is 3.86. The van der Waals surface area contributed by atoms with Gasteiger partial charge in [0, 0.05) is 20.9 Å². The molecule has 0 saturated carbocycles. The maximum Gasteiger partial charge on any atom is 0.435 e. The highest BCUT2D eigenvalue weighted by Crippen LogP contribution is 2.27. The molecule has 0 spiro atoms. The fourth-order valence-corrected chi connectivity index (χ4v) is 1.88. The standard InChI is InChI=1S/C10H17F3N2OSi/c1-17(2,3)7-6-16-8-15-5-4-9(14-15)10(11,12)13/h4-5H,6-8H2,1-3H3. The average Bonchev–Trinajstić information content (AvgIpc) is 2.58. The quantitative estimate of drug-likeness (QED) is 0.604. The molecule has 98 valence electrons. The van der Waals surface area contributed by atoms with E-state index >= 15 is 0 Å². The van der Waals surface area contributed by atoms with Crippen LogP contribution >= 0.6 is 0 Å². The van der Waals surface area contributed by atoms with Crippen LogP contribution in [-0.2, 0) is 17.6 Å². The molecule has 0 radical (unpaired) electrons. The van der Waals surface area contributed by atoms with Crippen molar-refractivity contribution in [1.29, 1.82) is 0 Å². The molecule has 17 heavy (non-hydrogen) atoms. The Morgan fingerprint density at radius 1 is 1.35 bits per heavy atom. The van der Waals surface area contributed by atoms with Crippen molar-refractivity contribution in [2.75, 3.05) is 6.61 Å². The monoisotopic (exact) mass is 266 g/mol. The summed E-state index contributed by atoms with van der Waals surface area (Å²) in [6, 6.07) is 1.93. The van der Waals surface area contributed by atoms with Crippen LogP contribution in [0.5, 0.6) is 0 Å². The van der Waals surface area contributed by atoms with Crippen LogP contribution in [-0.4, -0.2) is 24.5 Å². The van der Waals surface area contributed by atoms with Crippen molar-refractivity contribution in [3.05, 3.63) is 18.0 Å². The summed E-state index contributed by atoms with van der Waals surface area (Å²) in [6.45, 7) is 7.28. The minimum absolute atomic E-state index is 0.0700. The molecule has 0 bridgehead atoms. The van der Waals surface area contributed by atoms with Gasteiger partial charge in [0.25, 0.3) is 0 Å². The summed E-state index contributed by atoms with van der Waals surface area (Å²) in [4.78, 5) is 0. The first-order chi connectivity index (χ1) is 7.68. The minimum Gasteiger partial charge on any atom is -0.360 e. The molecule has 1 heterocycles. The summed E-state index contributed by atoms with van der Waals surface area (Å²) < 4.78 is 43.2. The second-order valence-electron chi connectivity index (χ2n) is 5.09. The van der Waals surface area contributed by atoms with E-state index in [0.29, 0.717) is 6.61 Å². The van der Waals surface area contributed by atoms with Gasteiger partial charge in [0.1, 0.15) is 6.73 Å². The molecule has 0 unspecified atom stereocenters. The molecule has 0 saturated heterocycles. The molecule has 0 amide bonds. The first kappa shape index (κ1) is 14.2. The van der Waals surface area contributed by atoms with Crippen LogP contribution in [0.15, 0.2) is 12.3 Å². The molecule has 0 aliphatic heterocycles. The highest BCUT2D eigenvalue weighted by atomic mass is 28.3.